The van der Waals surface area contributed by atoms with Crippen molar-refractivity contribution in [1.82, 2.24) is 14.5 Å². The number of nitrogens with two attached hydrogens (primary N) is 1. The van der Waals surface area contributed by atoms with Crippen molar-refractivity contribution in [3.8, 4) is 0 Å². The van der Waals surface area contributed by atoms with Gasteiger partial charge in [-0.05, 0) is 24.3 Å². The van der Waals surface area contributed by atoms with E-state index in [1.165, 1.54) is 0 Å². The zero-order valence-electron chi connectivity index (χ0n) is 11.2. The van der Waals surface area contributed by atoms with Gasteiger partial charge in [0.2, 0.25) is 0 Å². The number of pyridine rings is 1. The van der Waals surface area contributed by atoms with Crippen molar-refractivity contribution in [3.05, 3.63) is 60.2 Å². The molecule has 5 heteroatoms. The highest BCUT2D eigenvalue weighted by atomic mass is 15.1. The molecule has 20 heavy (non-hydrogen) atoms. The fraction of sp³-hybridized carbons (Fsp3) is 0.133. The zero-order chi connectivity index (χ0) is 13.9. The number of benzene rings is 1. The van der Waals surface area contributed by atoms with Gasteiger partial charge in [-0.2, -0.15) is 5.10 Å². The summed E-state index contributed by atoms with van der Waals surface area (Å²) in [6.07, 6.45) is 2.29. The first-order valence-electron chi connectivity index (χ1n) is 6.38. The SMILES string of the molecule is Cn1c(CC(=NN)c2ccccn2)nc2ccccc21. The number of hydrazone groups is 1. The van der Waals surface area contributed by atoms with Crippen molar-refractivity contribution >= 4 is 16.7 Å². The Morgan fingerprint density at radius 3 is 2.70 bits per heavy atom. The van der Waals surface area contributed by atoms with E-state index in [9.17, 15) is 0 Å². The highest BCUT2D eigenvalue weighted by Gasteiger charge is 2.12. The van der Waals surface area contributed by atoms with Crippen LogP contribution in [0.1, 0.15) is 11.5 Å². The average molecular weight is 265 g/mol. The normalized spacial score (nSPS) is 11.9. The van der Waals surface area contributed by atoms with Crippen LogP contribution in [0.2, 0.25) is 0 Å². The molecule has 100 valence electrons. The number of hydrogen-bond donors (Lipinski definition) is 1. The van der Waals surface area contributed by atoms with Crippen LogP contribution in [0.3, 0.4) is 0 Å². The van der Waals surface area contributed by atoms with E-state index in [0.29, 0.717) is 6.42 Å². The minimum atomic E-state index is 0.554. The van der Waals surface area contributed by atoms with E-state index >= 15 is 0 Å². The van der Waals surface area contributed by atoms with Gasteiger partial charge in [0.15, 0.2) is 0 Å². The van der Waals surface area contributed by atoms with Crippen molar-refractivity contribution in [3.63, 3.8) is 0 Å². The van der Waals surface area contributed by atoms with Crippen LogP contribution < -0.4 is 5.84 Å². The van der Waals surface area contributed by atoms with Crippen LogP contribution in [0, 0.1) is 0 Å². The maximum Gasteiger partial charge on any atom is 0.115 e. The molecule has 0 saturated heterocycles. The molecule has 0 atom stereocenters. The van der Waals surface area contributed by atoms with E-state index in [-0.39, 0.29) is 0 Å². The van der Waals surface area contributed by atoms with Gasteiger partial charge < -0.3 is 10.4 Å². The van der Waals surface area contributed by atoms with Crippen molar-refractivity contribution in [2.24, 2.45) is 18.0 Å². The molecule has 0 saturated carbocycles. The molecule has 0 radical (unpaired) electrons. The first-order chi connectivity index (χ1) is 9.79. The van der Waals surface area contributed by atoms with E-state index in [1.807, 2.05) is 49.5 Å². The average Bonchev–Trinajstić information content (AvgIpc) is 2.82. The van der Waals surface area contributed by atoms with Crippen LogP contribution >= 0.6 is 0 Å². The molecule has 3 rings (SSSR count). The third-order valence-electron chi connectivity index (χ3n) is 3.32. The Morgan fingerprint density at radius 1 is 1.20 bits per heavy atom. The summed E-state index contributed by atoms with van der Waals surface area (Å²) in [6.45, 7) is 0. The number of rotatable bonds is 3. The van der Waals surface area contributed by atoms with E-state index < -0.39 is 0 Å². The van der Waals surface area contributed by atoms with Crippen LogP contribution in [0.25, 0.3) is 11.0 Å². The topological polar surface area (TPSA) is 69.1 Å². The first kappa shape index (κ1) is 12.3. The molecule has 2 heterocycles. The number of hydrogen-bond acceptors (Lipinski definition) is 4. The molecule has 3 aromatic rings. The van der Waals surface area contributed by atoms with Gasteiger partial charge in [-0.25, -0.2) is 4.98 Å². The first-order valence-corrected chi connectivity index (χ1v) is 6.38. The third-order valence-corrected chi connectivity index (χ3v) is 3.32. The smallest absolute Gasteiger partial charge is 0.115 e. The standard InChI is InChI=1S/C15H15N5/c1-20-14-8-3-2-7-12(14)18-15(20)10-13(19-16)11-6-4-5-9-17-11/h2-9H,10,16H2,1H3. The van der Waals surface area contributed by atoms with Gasteiger partial charge in [-0.3, -0.25) is 4.98 Å². The van der Waals surface area contributed by atoms with Crippen molar-refractivity contribution < 1.29 is 0 Å². The molecule has 2 N–H and O–H groups in total. The summed E-state index contributed by atoms with van der Waals surface area (Å²) in [5.41, 5.74) is 3.58. The molecule has 0 aliphatic heterocycles. The number of nitrogens with zero attached hydrogens (tertiary/aromatic N) is 4. The van der Waals surface area contributed by atoms with Gasteiger partial charge in [0.25, 0.3) is 0 Å². The van der Waals surface area contributed by atoms with Gasteiger partial charge >= 0.3 is 0 Å². The van der Waals surface area contributed by atoms with Gasteiger partial charge in [0.05, 0.1) is 28.9 Å². The molecule has 0 unspecified atom stereocenters. The van der Waals surface area contributed by atoms with Crippen LogP contribution in [0.5, 0.6) is 0 Å². The largest absolute Gasteiger partial charge is 0.331 e. The summed E-state index contributed by atoms with van der Waals surface area (Å²) in [5, 5.41) is 3.87. The number of fused-ring (bicyclic) bond motifs is 1. The Labute approximate surface area is 116 Å². The van der Waals surface area contributed by atoms with Crippen molar-refractivity contribution in [2.45, 2.75) is 6.42 Å². The summed E-state index contributed by atoms with van der Waals surface area (Å²) in [7, 11) is 2.00. The van der Waals surface area contributed by atoms with Crippen LogP contribution in [-0.4, -0.2) is 20.2 Å². The van der Waals surface area contributed by atoms with Gasteiger partial charge in [-0.1, -0.05) is 18.2 Å². The summed E-state index contributed by atoms with van der Waals surface area (Å²) < 4.78 is 2.06. The molecule has 0 spiro atoms. The quantitative estimate of drug-likeness (QED) is 0.446. The number of imidazole rings is 1. The second-order valence-electron chi connectivity index (χ2n) is 4.54. The number of aryl methyl sites for hydroxylation is 1. The molecule has 0 amide bonds. The molecule has 0 aliphatic rings. The highest BCUT2D eigenvalue weighted by molar-refractivity contribution is 6.00. The Kier molecular flexibility index (Phi) is 3.16. The monoisotopic (exact) mass is 265 g/mol. The van der Waals surface area contributed by atoms with E-state index in [2.05, 4.69) is 19.6 Å². The minimum absolute atomic E-state index is 0.554. The van der Waals surface area contributed by atoms with Crippen molar-refractivity contribution in [1.29, 1.82) is 0 Å². The van der Waals surface area contributed by atoms with E-state index in [0.717, 1.165) is 28.3 Å². The Hall–Kier alpha value is -2.69. The Morgan fingerprint density at radius 2 is 2.00 bits per heavy atom. The van der Waals surface area contributed by atoms with Gasteiger partial charge in [-0.15, -0.1) is 0 Å². The molecule has 1 aromatic carbocycles. The maximum absolute atomic E-state index is 5.51. The second kappa shape index (κ2) is 5.13. The van der Waals surface area contributed by atoms with Crippen molar-refractivity contribution in [2.75, 3.05) is 0 Å². The predicted octanol–water partition coefficient (Wildman–Crippen LogP) is 1.87. The fourth-order valence-corrected chi connectivity index (χ4v) is 2.24. The lowest BCUT2D eigenvalue weighted by atomic mass is 10.2. The molecule has 0 bridgehead atoms. The lowest BCUT2D eigenvalue weighted by Gasteiger charge is -2.05. The van der Waals surface area contributed by atoms with Crippen LogP contribution in [0.15, 0.2) is 53.8 Å². The van der Waals surface area contributed by atoms with Gasteiger partial charge in [0.1, 0.15) is 5.82 Å². The number of aromatic nitrogens is 3. The Balaban J connectivity index is 1.98. The number of para-hydroxylation sites is 2. The summed E-state index contributed by atoms with van der Waals surface area (Å²) >= 11 is 0. The van der Waals surface area contributed by atoms with E-state index in [4.69, 9.17) is 5.84 Å². The summed E-state index contributed by atoms with van der Waals surface area (Å²) in [4.78, 5) is 8.91. The molecular weight excluding hydrogens is 250 g/mol. The Bertz CT molecular complexity index is 758. The second-order valence-corrected chi connectivity index (χ2v) is 4.54. The van der Waals surface area contributed by atoms with Crippen LogP contribution in [0.4, 0.5) is 0 Å². The summed E-state index contributed by atoms with van der Waals surface area (Å²) in [5.74, 6) is 6.43. The predicted molar refractivity (Wildman–Crippen MR) is 79.4 cm³/mol. The van der Waals surface area contributed by atoms with Gasteiger partial charge in [0, 0.05) is 13.2 Å². The third kappa shape index (κ3) is 2.14. The fourth-order valence-electron chi connectivity index (χ4n) is 2.24. The van der Waals surface area contributed by atoms with E-state index in [1.54, 1.807) is 6.20 Å². The summed E-state index contributed by atoms with van der Waals surface area (Å²) in [6, 6.07) is 13.7. The maximum atomic E-state index is 5.51. The molecule has 0 aliphatic carbocycles. The minimum Gasteiger partial charge on any atom is -0.331 e. The zero-order valence-corrected chi connectivity index (χ0v) is 11.2. The molecular formula is C15H15N5. The molecule has 5 nitrogen and oxygen atoms in total. The lowest BCUT2D eigenvalue weighted by molar-refractivity contribution is 0.861. The molecule has 2 aromatic heterocycles. The van der Waals surface area contributed by atoms with Crippen LogP contribution in [-0.2, 0) is 13.5 Å². The lowest BCUT2D eigenvalue weighted by Crippen LogP contribution is -2.13. The molecule has 0 fully saturated rings. The highest BCUT2D eigenvalue weighted by Crippen LogP contribution is 2.15.